The molecule has 9 aromatic carbocycles. The molecule has 0 radical (unpaired) electrons. The van der Waals surface area contributed by atoms with Crippen molar-refractivity contribution in [1.29, 1.82) is 0 Å². The molecule has 0 spiro atoms. The van der Waals surface area contributed by atoms with E-state index in [4.69, 9.17) is 19.4 Å². The van der Waals surface area contributed by atoms with Gasteiger partial charge in [-0.2, -0.15) is 0 Å². The summed E-state index contributed by atoms with van der Waals surface area (Å²) in [6, 6.07) is 76.2. The van der Waals surface area contributed by atoms with E-state index in [0.717, 1.165) is 88.7 Å². The minimum atomic E-state index is 0.569. The molecule has 5 nitrogen and oxygen atoms in total. The van der Waals surface area contributed by atoms with E-state index in [9.17, 15) is 0 Å². The van der Waals surface area contributed by atoms with Crippen molar-refractivity contribution in [3.63, 3.8) is 0 Å². The summed E-state index contributed by atoms with van der Waals surface area (Å²) in [7, 11) is 0. The Labute approximate surface area is 357 Å². The summed E-state index contributed by atoms with van der Waals surface area (Å²) in [4.78, 5) is 15.5. The van der Waals surface area contributed by atoms with E-state index < -0.39 is 0 Å². The van der Waals surface area contributed by atoms with Crippen molar-refractivity contribution in [2.24, 2.45) is 0 Å². The molecule has 0 unspecified atom stereocenters. The smallest absolute Gasteiger partial charge is 0.164 e. The Morgan fingerprint density at radius 3 is 1.37 bits per heavy atom. The molecule has 0 aliphatic heterocycles. The summed E-state index contributed by atoms with van der Waals surface area (Å²) >= 11 is 0. The first-order chi connectivity index (χ1) is 30.7. The van der Waals surface area contributed by atoms with E-state index in [1.54, 1.807) is 0 Å². The Morgan fingerprint density at radius 1 is 0.306 bits per heavy atom. The Hall–Kier alpha value is -8.41. The standard InChI is InChI=1S/C57H36N4O/c1-3-16-37(17-4-1)39-20-13-22-41(34-39)55-58-56(42-23-14-21-40(35-42)38-18-5-2-6-19-38)60-57(59-55)43-32-33-47-49-28-15-27-48(54(49)62-53(47)36-43)46-26-9-12-31-52(46)61-50-29-10-7-24-44(50)45-25-8-11-30-51(45)61/h1-36H. The van der Waals surface area contributed by atoms with Crippen molar-refractivity contribution >= 4 is 43.7 Å². The molecule has 12 aromatic rings. The zero-order chi connectivity index (χ0) is 41.0. The van der Waals surface area contributed by atoms with E-state index in [2.05, 4.69) is 211 Å². The summed E-state index contributed by atoms with van der Waals surface area (Å²) in [5.41, 5.74) is 14.2. The molecule has 0 saturated carbocycles. The van der Waals surface area contributed by atoms with Crippen LogP contribution < -0.4 is 0 Å². The Bertz CT molecular complexity index is 3490. The first kappa shape index (κ1) is 35.5. The van der Waals surface area contributed by atoms with Gasteiger partial charge >= 0.3 is 0 Å². The third-order valence-corrected chi connectivity index (χ3v) is 11.9. The third-order valence-electron chi connectivity index (χ3n) is 11.9. The summed E-state index contributed by atoms with van der Waals surface area (Å²) in [6.07, 6.45) is 0. The van der Waals surface area contributed by atoms with Crippen LogP contribution in [-0.4, -0.2) is 19.5 Å². The fourth-order valence-electron chi connectivity index (χ4n) is 8.93. The van der Waals surface area contributed by atoms with E-state index in [0.29, 0.717) is 17.5 Å². The van der Waals surface area contributed by atoms with Gasteiger partial charge in [0.25, 0.3) is 0 Å². The van der Waals surface area contributed by atoms with Crippen molar-refractivity contribution < 1.29 is 4.42 Å². The number of para-hydroxylation sites is 4. The molecule has 0 N–H and O–H groups in total. The van der Waals surface area contributed by atoms with Crippen LogP contribution >= 0.6 is 0 Å². The fourth-order valence-corrected chi connectivity index (χ4v) is 8.93. The van der Waals surface area contributed by atoms with Crippen LogP contribution in [0.1, 0.15) is 0 Å². The quantitative estimate of drug-likeness (QED) is 0.161. The van der Waals surface area contributed by atoms with Crippen LogP contribution in [0.15, 0.2) is 223 Å². The number of rotatable bonds is 7. The van der Waals surface area contributed by atoms with Gasteiger partial charge in [0.15, 0.2) is 17.5 Å². The number of aromatic nitrogens is 4. The van der Waals surface area contributed by atoms with Gasteiger partial charge in [-0.1, -0.05) is 176 Å². The maximum absolute atomic E-state index is 6.93. The normalized spacial score (nSPS) is 11.5. The monoisotopic (exact) mass is 792 g/mol. The highest BCUT2D eigenvalue weighted by Gasteiger charge is 2.20. The van der Waals surface area contributed by atoms with Gasteiger partial charge in [-0.25, -0.2) is 15.0 Å². The summed E-state index contributed by atoms with van der Waals surface area (Å²) in [5, 5.41) is 4.53. The minimum absolute atomic E-state index is 0.569. The molecule has 0 fully saturated rings. The SMILES string of the molecule is c1ccc(-c2cccc(-c3nc(-c4cccc(-c5ccccc5)c4)nc(-c4ccc5c(c4)oc4c(-c6ccccc6-n6c7ccccc7c7ccccc76)cccc45)n3)c2)cc1. The molecule has 0 bridgehead atoms. The number of hydrogen-bond acceptors (Lipinski definition) is 4. The predicted octanol–water partition coefficient (Wildman–Crippen LogP) is 14.9. The molecule has 3 heterocycles. The van der Waals surface area contributed by atoms with E-state index in [-0.39, 0.29) is 0 Å². The summed E-state index contributed by atoms with van der Waals surface area (Å²) in [6.45, 7) is 0. The van der Waals surface area contributed by atoms with Gasteiger partial charge in [-0.05, 0) is 64.7 Å². The molecular weight excluding hydrogens is 757 g/mol. The van der Waals surface area contributed by atoms with E-state index in [1.807, 2.05) is 12.1 Å². The second kappa shape index (κ2) is 14.7. The van der Waals surface area contributed by atoms with Crippen LogP contribution in [0, 0.1) is 0 Å². The second-order valence-corrected chi connectivity index (χ2v) is 15.6. The van der Waals surface area contributed by atoms with Crippen molar-refractivity contribution in [3.05, 3.63) is 218 Å². The van der Waals surface area contributed by atoms with Crippen molar-refractivity contribution in [1.82, 2.24) is 19.5 Å². The molecule has 0 amide bonds. The van der Waals surface area contributed by atoms with Crippen molar-refractivity contribution in [2.45, 2.75) is 0 Å². The number of benzene rings is 9. The van der Waals surface area contributed by atoms with Gasteiger partial charge in [0, 0.05) is 49.4 Å². The van der Waals surface area contributed by atoms with Crippen molar-refractivity contribution in [2.75, 3.05) is 0 Å². The lowest BCUT2D eigenvalue weighted by Gasteiger charge is -2.14. The predicted molar refractivity (Wildman–Crippen MR) is 254 cm³/mol. The zero-order valence-electron chi connectivity index (χ0n) is 33.5. The van der Waals surface area contributed by atoms with Gasteiger partial charge in [0.2, 0.25) is 0 Å². The summed E-state index contributed by atoms with van der Waals surface area (Å²) in [5.74, 6) is 1.77. The largest absolute Gasteiger partial charge is 0.455 e. The van der Waals surface area contributed by atoms with Crippen LogP contribution in [0.2, 0.25) is 0 Å². The molecule has 0 aliphatic rings. The summed E-state index contributed by atoms with van der Waals surface area (Å²) < 4.78 is 9.30. The number of nitrogens with zero attached hydrogens (tertiary/aromatic N) is 4. The van der Waals surface area contributed by atoms with Gasteiger partial charge in [0.1, 0.15) is 11.2 Å². The number of fused-ring (bicyclic) bond motifs is 6. The lowest BCUT2D eigenvalue weighted by molar-refractivity contribution is 0.670. The highest BCUT2D eigenvalue weighted by molar-refractivity contribution is 6.12. The average molecular weight is 793 g/mol. The topological polar surface area (TPSA) is 56.7 Å². The third kappa shape index (κ3) is 6.06. The van der Waals surface area contributed by atoms with Gasteiger partial charge in [-0.3, -0.25) is 0 Å². The minimum Gasteiger partial charge on any atom is -0.455 e. The lowest BCUT2D eigenvalue weighted by Crippen LogP contribution is -2.00. The van der Waals surface area contributed by atoms with Gasteiger partial charge in [-0.15, -0.1) is 0 Å². The van der Waals surface area contributed by atoms with E-state index in [1.165, 1.54) is 10.8 Å². The van der Waals surface area contributed by atoms with Crippen LogP contribution in [0.4, 0.5) is 0 Å². The first-order valence-electron chi connectivity index (χ1n) is 20.8. The molecule has 62 heavy (non-hydrogen) atoms. The molecule has 0 saturated heterocycles. The van der Waals surface area contributed by atoms with Gasteiger partial charge < -0.3 is 8.98 Å². The molecule has 12 rings (SSSR count). The van der Waals surface area contributed by atoms with Crippen LogP contribution in [0.3, 0.4) is 0 Å². The first-order valence-corrected chi connectivity index (χ1v) is 20.8. The highest BCUT2D eigenvalue weighted by atomic mass is 16.3. The Balaban J connectivity index is 1.01. The maximum Gasteiger partial charge on any atom is 0.164 e. The molecule has 3 aromatic heterocycles. The number of hydrogen-bond donors (Lipinski definition) is 0. The fraction of sp³-hybridized carbons (Fsp3) is 0. The molecule has 290 valence electrons. The Kier molecular flexibility index (Phi) is 8.42. The lowest BCUT2D eigenvalue weighted by atomic mass is 10.00. The maximum atomic E-state index is 6.93. The zero-order valence-corrected chi connectivity index (χ0v) is 33.5. The van der Waals surface area contributed by atoms with Crippen LogP contribution in [-0.2, 0) is 0 Å². The van der Waals surface area contributed by atoms with Crippen molar-refractivity contribution in [3.8, 4) is 73.2 Å². The molecule has 0 atom stereocenters. The van der Waals surface area contributed by atoms with Crippen LogP contribution in [0.25, 0.3) is 117 Å². The van der Waals surface area contributed by atoms with Gasteiger partial charge in [0.05, 0.1) is 16.7 Å². The molecule has 5 heteroatoms. The van der Waals surface area contributed by atoms with Crippen LogP contribution in [0.5, 0.6) is 0 Å². The Morgan fingerprint density at radius 2 is 0.758 bits per heavy atom. The average Bonchev–Trinajstić information content (AvgIpc) is 3.90. The molecular formula is C57H36N4O. The second-order valence-electron chi connectivity index (χ2n) is 15.6. The molecule has 0 aliphatic carbocycles. The highest BCUT2D eigenvalue weighted by Crippen LogP contribution is 2.41. The number of furan rings is 1. The van der Waals surface area contributed by atoms with E-state index >= 15 is 0 Å².